The molecule has 20 heavy (non-hydrogen) atoms. The van der Waals surface area contributed by atoms with E-state index in [1.54, 1.807) is 6.92 Å². The highest BCUT2D eigenvalue weighted by Crippen LogP contribution is 2.16. The number of hydrogen-bond acceptors (Lipinski definition) is 3. The van der Waals surface area contributed by atoms with Crippen LogP contribution in [0.2, 0.25) is 0 Å². The number of hydrogen-bond donors (Lipinski definition) is 2. The second-order valence-corrected chi connectivity index (χ2v) is 4.30. The molecule has 1 rings (SSSR count). The number of carbonyl (C=O) groups excluding carboxylic acids is 1. The number of rotatable bonds is 6. The maximum Gasteiger partial charge on any atom is 0.387 e. The molecule has 2 N–H and O–H groups in total. The van der Waals surface area contributed by atoms with Crippen LogP contribution >= 0.6 is 0 Å². The molecule has 0 saturated carbocycles. The smallest absolute Gasteiger partial charge is 0.387 e. The molecule has 2 unspecified atom stereocenters. The number of halogens is 2. The minimum atomic E-state index is -2.97. The molecular formula is C13H15F2NO4. The molecule has 0 aliphatic heterocycles. The molecule has 0 aromatic heterocycles. The lowest BCUT2D eigenvalue weighted by Crippen LogP contribution is -2.40. The third kappa shape index (κ3) is 4.49. The van der Waals surface area contributed by atoms with Gasteiger partial charge in [0.15, 0.2) is 0 Å². The lowest BCUT2D eigenvalue weighted by Gasteiger charge is -2.18. The Morgan fingerprint density at radius 3 is 2.50 bits per heavy atom. The van der Waals surface area contributed by atoms with Gasteiger partial charge < -0.3 is 15.2 Å². The molecule has 0 aliphatic carbocycles. The fourth-order valence-corrected chi connectivity index (χ4v) is 1.44. The van der Waals surface area contributed by atoms with Gasteiger partial charge in [0, 0.05) is 11.6 Å². The van der Waals surface area contributed by atoms with Crippen LogP contribution in [0.4, 0.5) is 8.78 Å². The van der Waals surface area contributed by atoms with Gasteiger partial charge in [-0.05, 0) is 32.0 Å². The summed E-state index contributed by atoms with van der Waals surface area (Å²) < 4.78 is 28.3. The molecular weight excluding hydrogens is 272 g/mol. The number of carboxylic acid groups (broad SMARTS) is 1. The molecule has 2 atom stereocenters. The first-order chi connectivity index (χ1) is 9.31. The Labute approximate surface area is 114 Å². The molecule has 7 heteroatoms. The van der Waals surface area contributed by atoms with Gasteiger partial charge in [0.1, 0.15) is 5.75 Å². The van der Waals surface area contributed by atoms with Crippen LogP contribution in [0.25, 0.3) is 0 Å². The molecule has 5 nitrogen and oxygen atoms in total. The van der Waals surface area contributed by atoms with E-state index in [0.29, 0.717) is 0 Å². The maximum absolute atomic E-state index is 12.1. The van der Waals surface area contributed by atoms with E-state index >= 15 is 0 Å². The minimum absolute atomic E-state index is 0.118. The number of carbonyl (C=O) groups is 2. The average molecular weight is 287 g/mol. The molecule has 0 spiro atoms. The molecule has 0 aliphatic rings. The summed E-state index contributed by atoms with van der Waals surface area (Å²) in [5.41, 5.74) is 0.118. The molecule has 0 saturated heterocycles. The summed E-state index contributed by atoms with van der Waals surface area (Å²) in [7, 11) is 0. The van der Waals surface area contributed by atoms with E-state index in [2.05, 4.69) is 10.1 Å². The number of nitrogens with one attached hydrogen (secondary N) is 1. The highest BCUT2D eigenvalue weighted by Gasteiger charge is 2.21. The van der Waals surface area contributed by atoms with Gasteiger partial charge in [0.25, 0.3) is 5.91 Å². The van der Waals surface area contributed by atoms with E-state index in [1.807, 2.05) is 0 Å². The van der Waals surface area contributed by atoms with Gasteiger partial charge in [-0.15, -0.1) is 0 Å². The van der Waals surface area contributed by atoms with Crippen LogP contribution in [0.5, 0.6) is 5.75 Å². The molecule has 0 fully saturated rings. The fraction of sp³-hybridized carbons (Fsp3) is 0.385. The number of alkyl halides is 2. The largest absolute Gasteiger partial charge is 0.481 e. The Balaban J connectivity index is 2.75. The van der Waals surface area contributed by atoms with Crippen molar-refractivity contribution in [3.63, 3.8) is 0 Å². The summed E-state index contributed by atoms with van der Waals surface area (Å²) in [5, 5.41) is 11.3. The van der Waals surface area contributed by atoms with Crippen LogP contribution in [0.1, 0.15) is 24.2 Å². The van der Waals surface area contributed by atoms with E-state index in [-0.39, 0.29) is 11.3 Å². The van der Waals surface area contributed by atoms with Crippen LogP contribution in [-0.2, 0) is 4.79 Å². The molecule has 1 aromatic rings. The van der Waals surface area contributed by atoms with Gasteiger partial charge in [-0.2, -0.15) is 8.78 Å². The monoisotopic (exact) mass is 287 g/mol. The van der Waals surface area contributed by atoms with Gasteiger partial charge in [-0.25, -0.2) is 0 Å². The van der Waals surface area contributed by atoms with E-state index in [4.69, 9.17) is 5.11 Å². The second kappa shape index (κ2) is 6.83. The summed E-state index contributed by atoms with van der Waals surface area (Å²) in [6.45, 7) is 0.0408. The fourth-order valence-electron chi connectivity index (χ4n) is 1.44. The molecule has 110 valence electrons. The van der Waals surface area contributed by atoms with Gasteiger partial charge in [-0.3, -0.25) is 9.59 Å². The predicted molar refractivity (Wildman–Crippen MR) is 66.8 cm³/mol. The van der Waals surface area contributed by atoms with Crippen LogP contribution in [0, 0.1) is 5.92 Å². The van der Waals surface area contributed by atoms with Crippen LogP contribution in [0.15, 0.2) is 24.3 Å². The third-order valence-corrected chi connectivity index (χ3v) is 2.82. The standard InChI is InChI=1S/C13H15F2NO4/c1-7(12(18)19)8(2)16-11(17)9-4-3-5-10(6-9)20-13(14)15/h3-8,13H,1-2H3,(H,16,17)(H,18,19). The van der Waals surface area contributed by atoms with Gasteiger partial charge >= 0.3 is 12.6 Å². The van der Waals surface area contributed by atoms with Crippen molar-refractivity contribution in [1.82, 2.24) is 5.32 Å². The van der Waals surface area contributed by atoms with Crippen molar-refractivity contribution in [1.29, 1.82) is 0 Å². The Kier molecular flexibility index (Phi) is 5.42. The van der Waals surface area contributed by atoms with Crippen molar-refractivity contribution in [3.8, 4) is 5.75 Å². The van der Waals surface area contributed by atoms with E-state index in [0.717, 1.165) is 0 Å². The van der Waals surface area contributed by atoms with Crippen LogP contribution < -0.4 is 10.1 Å². The Bertz CT molecular complexity index is 493. The molecule has 1 amide bonds. The second-order valence-electron chi connectivity index (χ2n) is 4.30. The highest BCUT2D eigenvalue weighted by atomic mass is 19.3. The summed E-state index contributed by atoms with van der Waals surface area (Å²) >= 11 is 0. The van der Waals surface area contributed by atoms with Crippen molar-refractivity contribution < 1.29 is 28.2 Å². The molecule has 1 aromatic carbocycles. The van der Waals surface area contributed by atoms with Crippen molar-refractivity contribution >= 4 is 11.9 Å². The van der Waals surface area contributed by atoms with Gasteiger partial charge in [0.05, 0.1) is 5.92 Å². The number of ether oxygens (including phenoxy) is 1. The zero-order valence-corrected chi connectivity index (χ0v) is 11.0. The van der Waals surface area contributed by atoms with Crippen LogP contribution in [0.3, 0.4) is 0 Å². The lowest BCUT2D eigenvalue weighted by atomic mass is 10.0. The van der Waals surface area contributed by atoms with Crippen molar-refractivity contribution in [2.24, 2.45) is 5.92 Å². The lowest BCUT2D eigenvalue weighted by molar-refractivity contribution is -0.141. The first-order valence-corrected chi connectivity index (χ1v) is 5.89. The van der Waals surface area contributed by atoms with E-state index < -0.39 is 30.4 Å². The zero-order valence-electron chi connectivity index (χ0n) is 11.0. The summed E-state index contributed by atoms with van der Waals surface area (Å²) in [6.07, 6.45) is 0. The maximum atomic E-state index is 12.1. The first kappa shape index (κ1) is 15.9. The van der Waals surface area contributed by atoms with Gasteiger partial charge in [-0.1, -0.05) is 6.07 Å². The molecule has 0 radical (unpaired) electrons. The number of amides is 1. The summed E-state index contributed by atoms with van der Waals surface area (Å²) in [6, 6.07) is 4.69. The Hall–Kier alpha value is -2.18. The van der Waals surface area contributed by atoms with Gasteiger partial charge in [0.2, 0.25) is 0 Å². The summed E-state index contributed by atoms with van der Waals surface area (Å²) in [5.74, 6) is -2.48. The number of carboxylic acids is 1. The number of benzene rings is 1. The normalized spacial score (nSPS) is 13.7. The highest BCUT2D eigenvalue weighted by molar-refractivity contribution is 5.95. The Morgan fingerprint density at radius 1 is 1.30 bits per heavy atom. The Morgan fingerprint density at radius 2 is 1.95 bits per heavy atom. The quantitative estimate of drug-likeness (QED) is 0.840. The average Bonchev–Trinajstić information content (AvgIpc) is 2.37. The topological polar surface area (TPSA) is 75.6 Å². The van der Waals surface area contributed by atoms with Crippen molar-refractivity contribution in [2.45, 2.75) is 26.5 Å². The van der Waals surface area contributed by atoms with Crippen molar-refractivity contribution in [3.05, 3.63) is 29.8 Å². The molecule has 0 bridgehead atoms. The number of aliphatic carboxylic acids is 1. The van der Waals surface area contributed by atoms with Crippen LogP contribution in [-0.4, -0.2) is 29.6 Å². The third-order valence-electron chi connectivity index (χ3n) is 2.82. The molecule has 0 heterocycles. The predicted octanol–water partition coefficient (Wildman–Crippen LogP) is 2.13. The summed E-state index contributed by atoms with van der Waals surface area (Å²) in [4.78, 5) is 22.7. The SMILES string of the molecule is CC(NC(=O)c1cccc(OC(F)F)c1)C(C)C(=O)O. The van der Waals surface area contributed by atoms with E-state index in [9.17, 15) is 18.4 Å². The minimum Gasteiger partial charge on any atom is -0.481 e. The first-order valence-electron chi connectivity index (χ1n) is 5.89. The zero-order chi connectivity index (χ0) is 15.3. The van der Waals surface area contributed by atoms with Crippen molar-refractivity contribution in [2.75, 3.05) is 0 Å². The van der Waals surface area contributed by atoms with E-state index in [1.165, 1.54) is 31.2 Å².